The molecule has 0 radical (unpaired) electrons. The van der Waals surface area contributed by atoms with E-state index in [1.54, 1.807) is 11.3 Å². The Balaban J connectivity index is 1.67. The third-order valence-corrected chi connectivity index (χ3v) is 6.05. The van der Waals surface area contributed by atoms with E-state index in [9.17, 15) is 4.79 Å². The van der Waals surface area contributed by atoms with Gasteiger partial charge in [0.1, 0.15) is 6.04 Å². The van der Waals surface area contributed by atoms with Crippen LogP contribution in [0.25, 0.3) is 0 Å². The zero-order chi connectivity index (χ0) is 17.3. The summed E-state index contributed by atoms with van der Waals surface area (Å²) < 4.78 is 11.8. The SMILES string of the molecule is Cc1csc(N[C@@H]2CC(=O)O[C@H]2O[C@@H]2C[C@H](C)CC[C@H]2C(C)C)n1. The highest BCUT2D eigenvalue weighted by atomic mass is 32.1. The van der Waals surface area contributed by atoms with Crippen LogP contribution in [0, 0.1) is 24.7 Å². The van der Waals surface area contributed by atoms with Crippen molar-refractivity contribution in [1.82, 2.24) is 4.98 Å². The number of thiazole rings is 1. The van der Waals surface area contributed by atoms with E-state index in [2.05, 4.69) is 31.1 Å². The minimum absolute atomic E-state index is 0.159. The topological polar surface area (TPSA) is 60.5 Å². The number of aromatic nitrogens is 1. The molecule has 1 saturated carbocycles. The van der Waals surface area contributed by atoms with Gasteiger partial charge in [0.25, 0.3) is 0 Å². The zero-order valence-electron chi connectivity index (χ0n) is 15.0. The summed E-state index contributed by atoms with van der Waals surface area (Å²) in [6.45, 7) is 8.75. The highest BCUT2D eigenvalue weighted by Gasteiger charge is 2.41. The van der Waals surface area contributed by atoms with Crippen molar-refractivity contribution in [2.45, 2.75) is 71.8 Å². The number of hydrogen-bond donors (Lipinski definition) is 1. The monoisotopic (exact) mass is 352 g/mol. The van der Waals surface area contributed by atoms with Crippen LogP contribution in [-0.2, 0) is 14.3 Å². The first-order chi connectivity index (χ1) is 11.4. The first-order valence-corrected chi connectivity index (χ1v) is 9.84. The van der Waals surface area contributed by atoms with E-state index in [0.29, 0.717) is 24.2 Å². The summed E-state index contributed by atoms with van der Waals surface area (Å²) >= 11 is 1.55. The molecular formula is C18H28N2O3S. The first-order valence-electron chi connectivity index (χ1n) is 8.96. The molecule has 24 heavy (non-hydrogen) atoms. The van der Waals surface area contributed by atoms with Crippen molar-refractivity contribution in [3.63, 3.8) is 0 Å². The minimum Gasteiger partial charge on any atom is -0.433 e. The lowest BCUT2D eigenvalue weighted by molar-refractivity contribution is -0.188. The molecule has 3 rings (SSSR count). The second-order valence-electron chi connectivity index (χ2n) is 7.61. The van der Waals surface area contributed by atoms with Gasteiger partial charge in [-0.2, -0.15) is 0 Å². The average molecular weight is 353 g/mol. The fourth-order valence-corrected chi connectivity index (χ4v) is 4.55. The molecule has 2 fully saturated rings. The van der Waals surface area contributed by atoms with Crippen LogP contribution < -0.4 is 5.32 Å². The van der Waals surface area contributed by atoms with Gasteiger partial charge in [0.05, 0.1) is 18.2 Å². The highest BCUT2D eigenvalue weighted by Crippen LogP contribution is 2.37. The van der Waals surface area contributed by atoms with Gasteiger partial charge in [-0.05, 0) is 37.5 Å². The van der Waals surface area contributed by atoms with E-state index >= 15 is 0 Å². The zero-order valence-corrected chi connectivity index (χ0v) is 15.8. The van der Waals surface area contributed by atoms with E-state index in [1.807, 2.05) is 12.3 Å². The molecule has 2 heterocycles. The lowest BCUT2D eigenvalue weighted by Gasteiger charge is -2.38. The second-order valence-corrected chi connectivity index (χ2v) is 8.47. The molecule has 0 spiro atoms. The van der Waals surface area contributed by atoms with E-state index in [0.717, 1.165) is 17.2 Å². The number of aryl methyl sites for hydroxylation is 1. The molecular weight excluding hydrogens is 324 g/mol. The molecule has 1 saturated heterocycles. The number of carbonyl (C=O) groups is 1. The number of rotatable bonds is 5. The number of ether oxygens (including phenoxy) is 2. The molecule has 0 amide bonds. The summed E-state index contributed by atoms with van der Waals surface area (Å²) in [5.41, 5.74) is 0.978. The Morgan fingerprint density at radius 1 is 1.42 bits per heavy atom. The molecule has 2 aliphatic rings. The Bertz CT molecular complexity index is 574. The molecule has 1 N–H and O–H groups in total. The summed E-state index contributed by atoms with van der Waals surface area (Å²) in [6.07, 6.45) is 3.46. The minimum atomic E-state index is -0.516. The highest BCUT2D eigenvalue weighted by molar-refractivity contribution is 7.13. The molecule has 0 unspecified atom stereocenters. The third kappa shape index (κ3) is 4.09. The van der Waals surface area contributed by atoms with Crippen LogP contribution in [0.2, 0.25) is 0 Å². The van der Waals surface area contributed by atoms with Crippen molar-refractivity contribution in [3.05, 3.63) is 11.1 Å². The fraction of sp³-hybridized carbons (Fsp3) is 0.778. The third-order valence-electron chi connectivity index (χ3n) is 5.16. The van der Waals surface area contributed by atoms with E-state index in [-0.39, 0.29) is 18.1 Å². The van der Waals surface area contributed by atoms with Crippen LogP contribution in [0.5, 0.6) is 0 Å². The maximum absolute atomic E-state index is 11.8. The predicted molar refractivity (Wildman–Crippen MR) is 95.0 cm³/mol. The van der Waals surface area contributed by atoms with Gasteiger partial charge in [-0.25, -0.2) is 4.98 Å². The number of carbonyl (C=O) groups excluding carboxylic acids is 1. The van der Waals surface area contributed by atoms with Crippen molar-refractivity contribution >= 4 is 22.4 Å². The van der Waals surface area contributed by atoms with Gasteiger partial charge < -0.3 is 14.8 Å². The van der Waals surface area contributed by atoms with Crippen molar-refractivity contribution in [2.24, 2.45) is 17.8 Å². The van der Waals surface area contributed by atoms with Crippen molar-refractivity contribution < 1.29 is 14.3 Å². The quantitative estimate of drug-likeness (QED) is 0.812. The molecule has 5 atom stereocenters. The molecule has 134 valence electrons. The fourth-order valence-electron chi connectivity index (χ4n) is 3.80. The number of nitrogens with one attached hydrogen (secondary N) is 1. The average Bonchev–Trinajstić information content (AvgIpc) is 3.05. The summed E-state index contributed by atoms with van der Waals surface area (Å²) in [5, 5.41) is 6.14. The van der Waals surface area contributed by atoms with Crippen LogP contribution in [0.15, 0.2) is 5.38 Å². The molecule has 1 aromatic rings. The Morgan fingerprint density at radius 2 is 2.21 bits per heavy atom. The number of anilines is 1. The Hall–Kier alpha value is -1.14. The van der Waals surface area contributed by atoms with E-state index in [4.69, 9.17) is 9.47 Å². The summed E-state index contributed by atoms with van der Waals surface area (Å²) in [5.74, 6) is 1.57. The Kier molecular flexibility index (Phi) is 5.45. The molecule has 1 aliphatic carbocycles. The van der Waals surface area contributed by atoms with Crippen LogP contribution in [0.4, 0.5) is 5.13 Å². The van der Waals surface area contributed by atoms with Crippen molar-refractivity contribution in [3.8, 4) is 0 Å². The summed E-state index contributed by atoms with van der Waals surface area (Å²) in [7, 11) is 0. The standard InChI is InChI=1S/C18H28N2O3S/c1-10(2)13-6-5-11(3)7-15(13)22-17-14(8-16(21)23-17)20-18-19-12(4)9-24-18/h9-11,13-15,17H,5-8H2,1-4H3,(H,19,20)/t11-,13+,14-,15-,17-/m1/s1. The lowest BCUT2D eigenvalue weighted by atomic mass is 9.75. The van der Waals surface area contributed by atoms with Crippen LogP contribution in [-0.4, -0.2) is 29.4 Å². The summed E-state index contributed by atoms with van der Waals surface area (Å²) in [4.78, 5) is 16.2. The van der Waals surface area contributed by atoms with Gasteiger partial charge in [0.2, 0.25) is 6.29 Å². The van der Waals surface area contributed by atoms with Gasteiger partial charge in [-0.15, -0.1) is 11.3 Å². The normalized spacial score (nSPS) is 33.7. The van der Waals surface area contributed by atoms with Crippen LogP contribution in [0.1, 0.15) is 52.1 Å². The number of nitrogens with zero attached hydrogens (tertiary/aromatic N) is 1. The molecule has 0 bridgehead atoms. The lowest BCUT2D eigenvalue weighted by Crippen LogP contribution is -2.41. The first kappa shape index (κ1) is 17.7. The summed E-state index contributed by atoms with van der Waals surface area (Å²) in [6, 6.07) is -0.159. The van der Waals surface area contributed by atoms with E-state index in [1.165, 1.54) is 12.8 Å². The van der Waals surface area contributed by atoms with Gasteiger partial charge in [0.15, 0.2) is 5.13 Å². The number of hydrogen-bond acceptors (Lipinski definition) is 6. The Labute approximate surface area is 148 Å². The molecule has 5 nitrogen and oxygen atoms in total. The molecule has 1 aliphatic heterocycles. The molecule has 1 aromatic heterocycles. The maximum atomic E-state index is 11.8. The smallest absolute Gasteiger partial charge is 0.310 e. The van der Waals surface area contributed by atoms with Gasteiger partial charge >= 0.3 is 5.97 Å². The van der Waals surface area contributed by atoms with Gasteiger partial charge in [0, 0.05) is 5.38 Å². The largest absolute Gasteiger partial charge is 0.433 e. The maximum Gasteiger partial charge on any atom is 0.310 e. The number of esters is 1. The Morgan fingerprint density at radius 3 is 2.88 bits per heavy atom. The van der Waals surface area contributed by atoms with Crippen LogP contribution in [0.3, 0.4) is 0 Å². The van der Waals surface area contributed by atoms with Crippen molar-refractivity contribution in [2.75, 3.05) is 5.32 Å². The number of cyclic esters (lactones) is 1. The molecule has 0 aromatic carbocycles. The molecule has 6 heteroatoms. The second kappa shape index (κ2) is 7.40. The van der Waals surface area contributed by atoms with Crippen LogP contribution >= 0.6 is 11.3 Å². The predicted octanol–water partition coefficient (Wildman–Crippen LogP) is 3.98. The van der Waals surface area contributed by atoms with Gasteiger partial charge in [-0.3, -0.25) is 4.79 Å². The van der Waals surface area contributed by atoms with E-state index < -0.39 is 6.29 Å². The van der Waals surface area contributed by atoms with Crippen molar-refractivity contribution in [1.29, 1.82) is 0 Å². The van der Waals surface area contributed by atoms with Gasteiger partial charge in [-0.1, -0.05) is 27.2 Å².